The van der Waals surface area contributed by atoms with Crippen molar-refractivity contribution in [3.63, 3.8) is 0 Å². The number of hydrogen-bond donors (Lipinski definition) is 1. The van der Waals surface area contributed by atoms with E-state index in [4.69, 9.17) is 9.26 Å². The maximum Gasteiger partial charge on any atom is 0.307 e. The van der Waals surface area contributed by atoms with Crippen LogP contribution in [0, 0.1) is 5.92 Å². The second-order valence-corrected chi connectivity index (χ2v) is 7.69. The summed E-state index contributed by atoms with van der Waals surface area (Å²) in [5, 5.41) is 10.7. The summed E-state index contributed by atoms with van der Waals surface area (Å²) < 4.78 is 10.4. The molecular formula is C19H25N3O4S. The summed E-state index contributed by atoms with van der Waals surface area (Å²) >= 11 is 1.55. The van der Waals surface area contributed by atoms with Gasteiger partial charge in [0.1, 0.15) is 0 Å². The number of thiophene rings is 1. The highest BCUT2D eigenvalue weighted by Crippen LogP contribution is 2.22. The number of ether oxygens (including phenoxy) is 1. The molecule has 1 saturated carbocycles. The number of carbonyl (C=O) groups is 2. The van der Waals surface area contributed by atoms with E-state index in [9.17, 15) is 9.59 Å². The molecule has 7 nitrogen and oxygen atoms in total. The monoisotopic (exact) mass is 391 g/mol. The van der Waals surface area contributed by atoms with Crippen LogP contribution >= 0.6 is 11.3 Å². The predicted molar refractivity (Wildman–Crippen MR) is 101 cm³/mol. The van der Waals surface area contributed by atoms with E-state index in [1.165, 1.54) is 19.3 Å². The molecule has 3 rings (SSSR count). The summed E-state index contributed by atoms with van der Waals surface area (Å²) in [6, 6.07) is 1.90. The molecule has 1 fully saturated rings. The van der Waals surface area contributed by atoms with Crippen LogP contribution in [-0.4, -0.2) is 34.7 Å². The molecule has 1 N–H and O–H groups in total. The molecule has 2 aromatic heterocycles. The van der Waals surface area contributed by atoms with Gasteiger partial charge < -0.3 is 14.6 Å². The van der Waals surface area contributed by atoms with Gasteiger partial charge in [0, 0.05) is 23.9 Å². The number of aryl methyl sites for hydroxylation is 1. The first-order valence-electron chi connectivity index (χ1n) is 9.44. The number of amides is 1. The smallest absolute Gasteiger partial charge is 0.307 e. The van der Waals surface area contributed by atoms with Gasteiger partial charge in [-0.3, -0.25) is 9.59 Å². The third-order valence-corrected chi connectivity index (χ3v) is 5.44. The molecule has 1 aliphatic carbocycles. The Morgan fingerprint density at radius 3 is 2.93 bits per heavy atom. The molecule has 146 valence electrons. The Kier molecular flexibility index (Phi) is 6.98. The van der Waals surface area contributed by atoms with Crippen LogP contribution in [0.1, 0.15) is 51.3 Å². The van der Waals surface area contributed by atoms with Gasteiger partial charge in [-0.25, -0.2) is 0 Å². The zero-order valence-corrected chi connectivity index (χ0v) is 16.3. The highest BCUT2D eigenvalue weighted by molar-refractivity contribution is 7.08. The molecule has 2 heterocycles. The molecule has 0 spiro atoms. The third-order valence-electron chi connectivity index (χ3n) is 4.76. The number of esters is 1. The van der Waals surface area contributed by atoms with Gasteiger partial charge in [-0.15, -0.1) is 0 Å². The SMILES string of the molecule is C[C@@H](OC(=O)CCc1nc(-c2ccsc2)no1)C(=O)NCC1CCCCC1. The largest absolute Gasteiger partial charge is 0.453 e. The average molecular weight is 391 g/mol. The molecule has 2 aromatic rings. The number of carbonyl (C=O) groups excluding carboxylic acids is 2. The van der Waals surface area contributed by atoms with Crippen LogP contribution in [0.4, 0.5) is 0 Å². The Morgan fingerprint density at radius 1 is 1.37 bits per heavy atom. The van der Waals surface area contributed by atoms with Gasteiger partial charge in [0.25, 0.3) is 5.91 Å². The molecule has 1 atom stereocenters. The topological polar surface area (TPSA) is 94.3 Å². The van der Waals surface area contributed by atoms with E-state index in [1.54, 1.807) is 18.3 Å². The molecule has 0 radical (unpaired) electrons. The van der Waals surface area contributed by atoms with Crippen LogP contribution in [0.3, 0.4) is 0 Å². The van der Waals surface area contributed by atoms with Gasteiger partial charge in [-0.1, -0.05) is 24.4 Å². The first-order chi connectivity index (χ1) is 13.1. The number of nitrogens with zero attached hydrogens (tertiary/aromatic N) is 2. The van der Waals surface area contributed by atoms with Gasteiger partial charge >= 0.3 is 5.97 Å². The lowest BCUT2D eigenvalue weighted by Gasteiger charge is -2.22. The second-order valence-electron chi connectivity index (χ2n) is 6.91. The van der Waals surface area contributed by atoms with Gasteiger partial charge in [0.05, 0.1) is 6.42 Å². The van der Waals surface area contributed by atoms with Gasteiger partial charge in [-0.05, 0) is 37.1 Å². The van der Waals surface area contributed by atoms with Crippen LogP contribution < -0.4 is 5.32 Å². The van der Waals surface area contributed by atoms with Crippen molar-refractivity contribution in [3.8, 4) is 11.4 Å². The van der Waals surface area contributed by atoms with E-state index in [1.807, 2.05) is 16.8 Å². The molecular weight excluding hydrogens is 366 g/mol. The Balaban J connectivity index is 1.37. The van der Waals surface area contributed by atoms with Crippen molar-refractivity contribution >= 4 is 23.2 Å². The number of rotatable bonds is 8. The van der Waals surface area contributed by atoms with E-state index in [-0.39, 0.29) is 18.7 Å². The molecule has 27 heavy (non-hydrogen) atoms. The summed E-state index contributed by atoms with van der Waals surface area (Å²) in [4.78, 5) is 28.3. The summed E-state index contributed by atoms with van der Waals surface area (Å²) in [5.41, 5.74) is 0.890. The quantitative estimate of drug-likeness (QED) is 0.694. The Bertz CT molecular complexity index is 738. The summed E-state index contributed by atoms with van der Waals surface area (Å²) in [6.45, 7) is 2.25. The van der Waals surface area contributed by atoms with E-state index in [2.05, 4.69) is 15.5 Å². The minimum absolute atomic E-state index is 0.0888. The van der Waals surface area contributed by atoms with Gasteiger partial charge in [-0.2, -0.15) is 16.3 Å². The van der Waals surface area contributed by atoms with Crippen molar-refractivity contribution in [2.75, 3.05) is 6.54 Å². The van der Waals surface area contributed by atoms with Crippen molar-refractivity contribution < 1.29 is 18.8 Å². The first-order valence-corrected chi connectivity index (χ1v) is 10.4. The van der Waals surface area contributed by atoms with E-state index >= 15 is 0 Å². The lowest BCUT2D eigenvalue weighted by atomic mass is 9.89. The van der Waals surface area contributed by atoms with Crippen molar-refractivity contribution in [2.45, 2.75) is 58.0 Å². The zero-order chi connectivity index (χ0) is 19.1. The third kappa shape index (κ3) is 5.89. The molecule has 0 unspecified atom stereocenters. The number of aromatic nitrogens is 2. The molecule has 0 saturated heterocycles. The Morgan fingerprint density at radius 2 is 2.19 bits per heavy atom. The van der Waals surface area contributed by atoms with Crippen LogP contribution in [0.15, 0.2) is 21.3 Å². The molecule has 0 aliphatic heterocycles. The van der Waals surface area contributed by atoms with Crippen molar-refractivity contribution in [2.24, 2.45) is 5.92 Å². The molecule has 1 amide bonds. The highest BCUT2D eigenvalue weighted by Gasteiger charge is 2.20. The van der Waals surface area contributed by atoms with E-state index < -0.39 is 12.1 Å². The lowest BCUT2D eigenvalue weighted by molar-refractivity contribution is -0.154. The lowest BCUT2D eigenvalue weighted by Crippen LogP contribution is -2.38. The van der Waals surface area contributed by atoms with Gasteiger partial charge in [0.15, 0.2) is 6.10 Å². The van der Waals surface area contributed by atoms with E-state index in [0.717, 1.165) is 18.4 Å². The molecule has 1 aliphatic rings. The number of hydrogen-bond acceptors (Lipinski definition) is 7. The second kappa shape index (κ2) is 9.64. The number of nitrogens with one attached hydrogen (secondary N) is 1. The molecule has 8 heteroatoms. The molecule has 0 bridgehead atoms. The van der Waals surface area contributed by atoms with Crippen LogP contribution in [0.5, 0.6) is 0 Å². The molecule has 0 aromatic carbocycles. The van der Waals surface area contributed by atoms with Crippen molar-refractivity contribution in [3.05, 3.63) is 22.7 Å². The Labute approximate surface area is 162 Å². The van der Waals surface area contributed by atoms with Crippen molar-refractivity contribution in [1.82, 2.24) is 15.5 Å². The fraction of sp³-hybridized carbons (Fsp3) is 0.579. The summed E-state index contributed by atoms with van der Waals surface area (Å²) in [5.74, 6) is 0.732. The van der Waals surface area contributed by atoms with Crippen LogP contribution in [0.25, 0.3) is 11.4 Å². The average Bonchev–Trinajstić information content (AvgIpc) is 3.36. The standard InChI is InChI=1S/C19H25N3O4S/c1-13(19(24)20-11-14-5-3-2-4-6-14)25-17(23)8-7-16-21-18(22-26-16)15-9-10-27-12-15/h9-10,12-14H,2-8,11H2,1H3,(H,20,24)/t13-/m1/s1. The van der Waals surface area contributed by atoms with Crippen LogP contribution in [0.2, 0.25) is 0 Å². The van der Waals surface area contributed by atoms with Crippen molar-refractivity contribution in [1.29, 1.82) is 0 Å². The van der Waals surface area contributed by atoms with Gasteiger partial charge in [0.2, 0.25) is 11.7 Å². The first kappa shape index (κ1) is 19.5. The zero-order valence-electron chi connectivity index (χ0n) is 15.5. The van der Waals surface area contributed by atoms with E-state index in [0.29, 0.717) is 24.2 Å². The highest BCUT2D eigenvalue weighted by atomic mass is 32.1. The predicted octanol–water partition coefficient (Wildman–Crippen LogP) is 3.36. The minimum Gasteiger partial charge on any atom is -0.453 e. The minimum atomic E-state index is -0.801. The normalized spacial score (nSPS) is 16.0. The Hall–Kier alpha value is -2.22. The maximum atomic E-state index is 12.1. The fourth-order valence-corrected chi connectivity index (χ4v) is 3.80. The summed E-state index contributed by atoms with van der Waals surface area (Å²) in [7, 11) is 0. The fourth-order valence-electron chi connectivity index (χ4n) is 3.16. The van der Waals surface area contributed by atoms with Crippen LogP contribution in [-0.2, 0) is 20.7 Å². The maximum absolute atomic E-state index is 12.1. The summed E-state index contributed by atoms with van der Waals surface area (Å²) in [6.07, 6.45) is 5.64.